The van der Waals surface area contributed by atoms with Crippen molar-refractivity contribution < 1.29 is 9.13 Å². The number of ether oxygens (including phenoxy) is 1. The van der Waals surface area contributed by atoms with Gasteiger partial charge < -0.3 is 10.1 Å². The highest BCUT2D eigenvalue weighted by atomic mass is 79.9. The molecule has 4 aromatic rings. The van der Waals surface area contributed by atoms with Crippen molar-refractivity contribution >= 4 is 27.6 Å². The van der Waals surface area contributed by atoms with Gasteiger partial charge in [0.05, 0.1) is 5.70 Å². The van der Waals surface area contributed by atoms with Crippen LogP contribution in [-0.2, 0) is 0 Å². The fourth-order valence-corrected chi connectivity index (χ4v) is 4.59. The summed E-state index contributed by atoms with van der Waals surface area (Å²) in [4.78, 5) is 4.41. The summed E-state index contributed by atoms with van der Waals surface area (Å²) in [6.45, 7) is 0. The Morgan fingerprint density at radius 3 is 2.58 bits per heavy atom. The van der Waals surface area contributed by atoms with E-state index in [2.05, 4.69) is 31.3 Å². The molecule has 152 valence electrons. The normalized spacial score (nSPS) is 19.0. The van der Waals surface area contributed by atoms with Crippen molar-refractivity contribution in [2.45, 2.75) is 12.1 Å². The van der Waals surface area contributed by atoms with Gasteiger partial charge in [0.25, 0.3) is 0 Å². The third-order valence-corrected chi connectivity index (χ3v) is 6.22. The number of halogens is 2. The standard InChI is InChI=1S/C24H16BrFN4O/c25-15-11-9-14(10-12-15)22-20-21(29-24-27-13-28-30(22)24)17-6-2-4-8-19(17)31-23(20)16-5-1-3-7-18(16)26/h1-13,22-23H,(H,27,28,29). The second-order valence-corrected chi connectivity index (χ2v) is 8.37. The first-order chi connectivity index (χ1) is 15.2. The molecular weight excluding hydrogens is 459 g/mol. The molecule has 0 saturated carbocycles. The molecule has 3 heterocycles. The maximum Gasteiger partial charge on any atom is 0.226 e. The van der Waals surface area contributed by atoms with Gasteiger partial charge in [-0.15, -0.1) is 0 Å². The Morgan fingerprint density at radius 1 is 0.968 bits per heavy atom. The Labute approximate surface area is 186 Å². The van der Waals surface area contributed by atoms with E-state index in [0.717, 1.165) is 26.9 Å². The predicted octanol–water partition coefficient (Wildman–Crippen LogP) is 5.74. The SMILES string of the molecule is Fc1ccccc1C1Oc2ccccc2C2=C1C(c1ccc(Br)cc1)n1ncnc1N2. The minimum atomic E-state index is -0.621. The van der Waals surface area contributed by atoms with Crippen molar-refractivity contribution in [1.82, 2.24) is 14.8 Å². The molecule has 2 aliphatic heterocycles. The van der Waals surface area contributed by atoms with E-state index in [-0.39, 0.29) is 11.9 Å². The maximum absolute atomic E-state index is 15.0. The second kappa shape index (κ2) is 7.06. The van der Waals surface area contributed by atoms with Crippen LogP contribution < -0.4 is 10.1 Å². The van der Waals surface area contributed by atoms with Crippen LogP contribution in [0.4, 0.5) is 10.3 Å². The average molecular weight is 475 g/mol. The Hall–Kier alpha value is -3.45. The largest absolute Gasteiger partial charge is 0.480 e. The van der Waals surface area contributed by atoms with Gasteiger partial charge in [-0.2, -0.15) is 10.1 Å². The van der Waals surface area contributed by atoms with Gasteiger partial charge in [-0.3, -0.25) is 0 Å². The summed E-state index contributed by atoms with van der Waals surface area (Å²) in [5.74, 6) is 1.03. The Bertz CT molecular complexity index is 1330. The molecule has 2 aliphatic rings. The maximum atomic E-state index is 15.0. The number of anilines is 1. The number of para-hydroxylation sites is 1. The summed E-state index contributed by atoms with van der Waals surface area (Å²) in [6.07, 6.45) is 0.905. The quantitative estimate of drug-likeness (QED) is 0.402. The van der Waals surface area contributed by atoms with Crippen molar-refractivity contribution in [2.24, 2.45) is 0 Å². The Kier molecular flexibility index (Phi) is 4.17. The van der Waals surface area contributed by atoms with Crippen LogP contribution in [0.15, 0.2) is 89.2 Å². The summed E-state index contributed by atoms with van der Waals surface area (Å²) in [5, 5.41) is 7.91. The fourth-order valence-electron chi connectivity index (χ4n) is 4.33. The number of rotatable bonds is 2. The molecule has 0 spiro atoms. The van der Waals surface area contributed by atoms with E-state index in [1.165, 1.54) is 12.4 Å². The molecule has 6 rings (SSSR count). The van der Waals surface area contributed by atoms with E-state index in [4.69, 9.17) is 4.74 Å². The van der Waals surface area contributed by atoms with Crippen molar-refractivity contribution in [3.05, 3.63) is 112 Å². The minimum Gasteiger partial charge on any atom is -0.480 e. The van der Waals surface area contributed by atoms with Gasteiger partial charge in [0.1, 0.15) is 23.9 Å². The van der Waals surface area contributed by atoms with Gasteiger partial charge in [0.2, 0.25) is 5.95 Å². The molecular formula is C24H16BrFN4O. The smallest absolute Gasteiger partial charge is 0.226 e. The highest BCUT2D eigenvalue weighted by Crippen LogP contribution is 2.50. The van der Waals surface area contributed by atoms with E-state index in [0.29, 0.717) is 17.3 Å². The molecule has 0 saturated heterocycles. The van der Waals surface area contributed by atoms with Crippen LogP contribution in [-0.4, -0.2) is 14.8 Å². The number of hydrogen-bond acceptors (Lipinski definition) is 4. The second-order valence-electron chi connectivity index (χ2n) is 7.45. The Morgan fingerprint density at radius 2 is 1.74 bits per heavy atom. The molecule has 0 radical (unpaired) electrons. The minimum absolute atomic E-state index is 0.306. The summed E-state index contributed by atoms with van der Waals surface area (Å²) in [6, 6.07) is 22.3. The van der Waals surface area contributed by atoms with Crippen molar-refractivity contribution in [3.63, 3.8) is 0 Å². The van der Waals surface area contributed by atoms with Gasteiger partial charge in [0.15, 0.2) is 6.10 Å². The van der Waals surface area contributed by atoms with Crippen LogP contribution in [0.25, 0.3) is 5.70 Å². The van der Waals surface area contributed by atoms with Crippen molar-refractivity contribution in [1.29, 1.82) is 0 Å². The molecule has 1 aromatic heterocycles. The third kappa shape index (κ3) is 2.88. The molecule has 0 fully saturated rings. The van der Waals surface area contributed by atoms with Crippen LogP contribution in [0, 0.1) is 5.82 Å². The molecule has 0 amide bonds. The lowest BCUT2D eigenvalue weighted by atomic mass is 9.84. The summed E-state index contributed by atoms with van der Waals surface area (Å²) < 4.78 is 24.2. The Balaban J connectivity index is 1.65. The molecule has 5 nitrogen and oxygen atoms in total. The monoisotopic (exact) mass is 474 g/mol. The number of aromatic nitrogens is 3. The molecule has 7 heteroatoms. The first-order valence-electron chi connectivity index (χ1n) is 9.87. The number of hydrogen-bond donors (Lipinski definition) is 1. The zero-order valence-corrected chi connectivity index (χ0v) is 17.8. The molecule has 2 unspecified atom stereocenters. The van der Waals surface area contributed by atoms with E-state index >= 15 is 0 Å². The summed E-state index contributed by atoms with van der Waals surface area (Å²) in [5.41, 5.74) is 4.18. The topological polar surface area (TPSA) is 52.0 Å². The molecule has 0 aliphatic carbocycles. The van der Waals surface area contributed by atoms with Crippen LogP contribution >= 0.6 is 15.9 Å². The lowest BCUT2D eigenvalue weighted by Crippen LogP contribution is -2.32. The first kappa shape index (κ1) is 18.3. The van der Waals surface area contributed by atoms with Crippen LogP contribution in [0.1, 0.15) is 28.8 Å². The number of nitrogens with one attached hydrogen (secondary N) is 1. The van der Waals surface area contributed by atoms with Crippen LogP contribution in [0.5, 0.6) is 5.75 Å². The van der Waals surface area contributed by atoms with Gasteiger partial charge in [-0.05, 0) is 35.9 Å². The van der Waals surface area contributed by atoms with Gasteiger partial charge in [-0.25, -0.2) is 9.07 Å². The lowest BCUT2D eigenvalue weighted by Gasteiger charge is -2.39. The zero-order valence-electron chi connectivity index (χ0n) is 16.2. The van der Waals surface area contributed by atoms with Crippen LogP contribution in [0.2, 0.25) is 0 Å². The highest BCUT2D eigenvalue weighted by Gasteiger charge is 2.41. The number of fused-ring (bicyclic) bond motifs is 3. The van der Waals surface area contributed by atoms with E-state index in [1.807, 2.05) is 59.3 Å². The average Bonchev–Trinajstić information content (AvgIpc) is 3.27. The predicted molar refractivity (Wildman–Crippen MR) is 119 cm³/mol. The molecule has 3 aromatic carbocycles. The van der Waals surface area contributed by atoms with E-state index < -0.39 is 6.10 Å². The molecule has 0 bridgehead atoms. The number of benzene rings is 3. The summed E-state index contributed by atoms with van der Waals surface area (Å²) >= 11 is 3.51. The molecule has 31 heavy (non-hydrogen) atoms. The fraction of sp³-hybridized carbons (Fsp3) is 0.0833. The van der Waals surface area contributed by atoms with Gasteiger partial charge in [0, 0.05) is 21.2 Å². The van der Waals surface area contributed by atoms with Gasteiger partial charge >= 0.3 is 0 Å². The molecule has 2 atom stereocenters. The van der Waals surface area contributed by atoms with E-state index in [1.54, 1.807) is 12.1 Å². The molecule has 1 N–H and O–H groups in total. The van der Waals surface area contributed by atoms with Gasteiger partial charge in [-0.1, -0.05) is 58.4 Å². The zero-order chi connectivity index (χ0) is 20.9. The van der Waals surface area contributed by atoms with Crippen molar-refractivity contribution in [3.8, 4) is 5.75 Å². The number of nitrogens with zero attached hydrogens (tertiary/aromatic N) is 3. The lowest BCUT2D eigenvalue weighted by molar-refractivity contribution is 0.218. The summed E-state index contributed by atoms with van der Waals surface area (Å²) in [7, 11) is 0. The highest BCUT2D eigenvalue weighted by molar-refractivity contribution is 9.10. The first-order valence-corrected chi connectivity index (χ1v) is 10.7. The van der Waals surface area contributed by atoms with E-state index in [9.17, 15) is 4.39 Å². The van der Waals surface area contributed by atoms with Crippen LogP contribution in [0.3, 0.4) is 0 Å². The van der Waals surface area contributed by atoms with Crippen molar-refractivity contribution in [2.75, 3.05) is 5.32 Å². The third-order valence-electron chi connectivity index (χ3n) is 5.69.